The number of benzene rings is 1. The number of amides is 1. The molecule has 0 spiro atoms. The van der Waals surface area contributed by atoms with Crippen molar-refractivity contribution in [3.8, 4) is 11.5 Å². The Morgan fingerprint density at radius 2 is 1.95 bits per heavy atom. The molecule has 1 aromatic carbocycles. The molecule has 2 aromatic rings. The van der Waals surface area contributed by atoms with Gasteiger partial charge >= 0.3 is 11.8 Å². The lowest BCUT2D eigenvalue weighted by atomic mass is 10.1. The second-order valence-electron chi connectivity index (χ2n) is 4.86. The average Bonchev–Trinajstić information content (AvgIpc) is 2.94. The minimum atomic E-state index is -0.232. The lowest BCUT2D eigenvalue weighted by Gasteiger charge is -2.13. The summed E-state index contributed by atoms with van der Waals surface area (Å²) in [6, 6.07) is 7.73. The van der Waals surface area contributed by atoms with Gasteiger partial charge in [-0.2, -0.15) is 0 Å². The van der Waals surface area contributed by atoms with E-state index >= 15 is 0 Å². The van der Waals surface area contributed by atoms with Gasteiger partial charge in [-0.15, -0.1) is 10.2 Å². The topological polar surface area (TPSA) is 59.2 Å². The molecule has 1 aromatic heterocycles. The minimum absolute atomic E-state index is 0.0409. The summed E-state index contributed by atoms with van der Waals surface area (Å²) in [6.45, 7) is 4.79. The highest BCUT2D eigenvalue weighted by Gasteiger charge is 2.19. The monoisotopic (exact) mass is 273 g/mol. The third kappa shape index (κ3) is 3.23. The van der Waals surface area contributed by atoms with Crippen LogP contribution in [0.2, 0.25) is 0 Å². The van der Waals surface area contributed by atoms with Gasteiger partial charge in [-0.3, -0.25) is 4.79 Å². The van der Waals surface area contributed by atoms with Crippen LogP contribution in [0.4, 0.5) is 0 Å². The smallest absolute Gasteiger partial charge is 0.311 e. The fourth-order valence-corrected chi connectivity index (χ4v) is 1.78. The molecule has 106 valence electrons. The summed E-state index contributed by atoms with van der Waals surface area (Å²) in [5.41, 5.74) is 1.97. The van der Waals surface area contributed by atoms with Gasteiger partial charge in [0.25, 0.3) is 0 Å². The van der Waals surface area contributed by atoms with Crippen LogP contribution in [0, 0.1) is 6.92 Å². The van der Waals surface area contributed by atoms with E-state index in [0.717, 1.165) is 24.0 Å². The fraction of sp³-hybridized carbons (Fsp3) is 0.400. The lowest BCUT2D eigenvalue weighted by Crippen LogP contribution is -2.27. The maximum absolute atomic E-state index is 12.1. The summed E-state index contributed by atoms with van der Waals surface area (Å²) in [4.78, 5) is 13.7. The van der Waals surface area contributed by atoms with Gasteiger partial charge in [0.05, 0.1) is 0 Å². The molecule has 0 aliphatic heterocycles. The van der Waals surface area contributed by atoms with Gasteiger partial charge < -0.3 is 9.32 Å². The van der Waals surface area contributed by atoms with Crippen LogP contribution in [0.5, 0.6) is 0 Å². The van der Waals surface area contributed by atoms with Gasteiger partial charge in [-0.05, 0) is 25.5 Å². The molecule has 1 amide bonds. The van der Waals surface area contributed by atoms with Crippen LogP contribution in [0.15, 0.2) is 28.7 Å². The van der Waals surface area contributed by atoms with Gasteiger partial charge in [0.1, 0.15) is 0 Å². The summed E-state index contributed by atoms with van der Waals surface area (Å²) in [5, 5.41) is 7.77. The van der Waals surface area contributed by atoms with Crippen molar-refractivity contribution in [3.63, 3.8) is 0 Å². The van der Waals surface area contributed by atoms with E-state index in [1.807, 2.05) is 31.2 Å². The number of carbonyl (C=O) groups excluding carboxylic acids is 1. The van der Waals surface area contributed by atoms with Crippen molar-refractivity contribution in [2.24, 2.45) is 0 Å². The molecular weight excluding hydrogens is 254 g/mol. The molecule has 0 bridgehead atoms. The van der Waals surface area contributed by atoms with E-state index in [1.165, 1.54) is 0 Å². The van der Waals surface area contributed by atoms with Crippen LogP contribution in [-0.4, -0.2) is 34.6 Å². The van der Waals surface area contributed by atoms with Crippen molar-refractivity contribution in [3.05, 3.63) is 35.7 Å². The third-order valence-electron chi connectivity index (χ3n) is 3.10. The number of hydrogen-bond acceptors (Lipinski definition) is 4. The highest BCUT2D eigenvalue weighted by Crippen LogP contribution is 2.18. The van der Waals surface area contributed by atoms with E-state index in [0.29, 0.717) is 12.4 Å². The average molecular weight is 273 g/mol. The lowest BCUT2D eigenvalue weighted by molar-refractivity contribution is 0.0754. The summed E-state index contributed by atoms with van der Waals surface area (Å²) in [7, 11) is 1.74. The largest absolute Gasteiger partial charge is 0.412 e. The maximum Gasteiger partial charge on any atom is 0.311 e. The van der Waals surface area contributed by atoms with E-state index in [4.69, 9.17) is 4.42 Å². The van der Waals surface area contributed by atoms with Crippen LogP contribution < -0.4 is 0 Å². The summed E-state index contributed by atoms with van der Waals surface area (Å²) < 4.78 is 5.46. The number of aromatic nitrogens is 2. The second kappa shape index (κ2) is 6.32. The quantitative estimate of drug-likeness (QED) is 0.840. The molecule has 0 radical (unpaired) electrons. The zero-order valence-electron chi connectivity index (χ0n) is 12.1. The summed E-state index contributed by atoms with van der Waals surface area (Å²) in [5.74, 6) is 0.181. The van der Waals surface area contributed by atoms with E-state index in [2.05, 4.69) is 17.1 Å². The van der Waals surface area contributed by atoms with Crippen molar-refractivity contribution in [2.45, 2.75) is 26.7 Å². The Hall–Kier alpha value is -2.17. The van der Waals surface area contributed by atoms with Crippen molar-refractivity contribution < 1.29 is 9.21 Å². The van der Waals surface area contributed by atoms with Gasteiger partial charge in [0, 0.05) is 19.2 Å². The van der Waals surface area contributed by atoms with Crippen LogP contribution >= 0.6 is 0 Å². The standard InChI is InChI=1S/C15H19N3O2/c1-4-5-10-18(3)15(19)14-17-16-13(20-14)12-8-6-11(2)7-9-12/h6-9H,4-5,10H2,1-3H3. The highest BCUT2D eigenvalue weighted by molar-refractivity contribution is 5.89. The third-order valence-corrected chi connectivity index (χ3v) is 3.10. The Kier molecular flexibility index (Phi) is 4.50. The zero-order valence-corrected chi connectivity index (χ0v) is 12.1. The number of hydrogen-bond donors (Lipinski definition) is 0. The first-order valence-corrected chi connectivity index (χ1v) is 6.78. The molecule has 5 heteroatoms. The van der Waals surface area contributed by atoms with Crippen molar-refractivity contribution in [2.75, 3.05) is 13.6 Å². The number of unbranched alkanes of at least 4 members (excludes halogenated alkanes) is 1. The number of carbonyl (C=O) groups is 1. The van der Waals surface area contributed by atoms with Gasteiger partial charge in [-0.1, -0.05) is 31.0 Å². The predicted molar refractivity (Wildman–Crippen MR) is 76.3 cm³/mol. The van der Waals surface area contributed by atoms with Crippen LogP contribution in [0.3, 0.4) is 0 Å². The van der Waals surface area contributed by atoms with Gasteiger partial charge in [0.2, 0.25) is 5.89 Å². The molecule has 0 aliphatic carbocycles. The minimum Gasteiger partial charge on any atom is -0.412 e. The Bertz CT molecular complexity index is 575. The van der Waals surface area contributed by atoms with Crippen molar-refractivity contribution in [1.82, 2.24) is 15.1 Å². The van der Waals surface area contributed by atoms with E-state index in [1.54, 1.807) is 11.9 Å². The first-order chi connectivity index (χ1) is 9.61. The van der Waals surface area contributed by atoms with E-state index < -0.39 is 0 Å². The molecule has 1 heterocycles. The first kappa shape index (κ1) is 14.2. The van der Waals surface area contributed by atoms with Crippen LogP contribution in [0.25, 0.3) is 11.5 Å². The molecule has 0 saturated heterocycles. The molecule has 20 heavy (non-hydrogen) atoms. The number of rotatable bonds is 5. The molecule has 0 N–H and O–H groups in total. The predicted octanol–water partition coefficient (Wildman–Crippen LogP) is 2.92. The number of aryl methyl sites for hydroxylation is 1. The van der Waals surface area contributed by atoms with Crippen molar-refractivity contribution in [1.29, 1.82) is 0 Å². The van der Waals surface area contributed by atoms with Crippen molar-refractivity contribution >= 4 is 5.91 Å². The summed E-state index contributed by atoms with van der Waals surface area (Å²) >= 11 is 0. The first-order valence-electron chi connectivity index (χ1n) is 6.78. The van der Waals surface area contributed by atoms with E-state index in [-0.39, 0.29) is 11.8 Å². The van der Waals surface area contributed by atoms with E-state index in [9.17, 15) is 4.79 Å². The number of nitrogens with zero attached hydrogens (tertiary/aromatic N) is 3. The molecule has 0 aliphatic rings. The van der Waals surface area contributed by atoms with Gasteiger partial charge in [0.15, 0.2) is 0 Å². The Labute approximate surface area is 118 Å². The SMILES string of the molecule is CCCCN(C)C(=O)c1nnc(-c2ccc(C)cc2)o1. The van der Waals surface area contributed by atoms with Crippen LogP contribution in [-0.2, 0) is 0 Å². The van der Waals surface area contributed by atoms with Crippen LogP contribution in [0.1, 0.15) is 36.0 Å². The summed E-state index contributed by atoms with van der Waals surface area (Å²) in [6.07, 6.45) is 2.00. The maximum atomic E-state index is 12.1. The Balaban J connectivity index is 2.12. The molecule has 0 fully saturated rings. The Morgan fingerprint density at radius 1 is 1.25 bits per heavy atom. The molecule has 2 rings (SSSR count). The van der Waals surface area contributed by atoms with Gasteiger partial charge in [-0.25, -0.2) is 0 Å². The highest BCUT2D eigenvalue weighted by atomic mass is 16.4. The Morgan fingerprint density at radius 3 is 2.60 bits per heavy atom. The molecule has 5 nitrogen and oxygen atoms in total. The molecule has 0 saturated carbocycles. The molecule has 0 atom stereocenters. The molecule has 0 unspecified atom stereocenters. The molecular formula is C15H19N3O2. The zero-order chi connectivity index (χ0) is 14.5. The fourth-order valence-electron chi connectivity index (χ4n) is 1.78. The second-order valence-corrected chi connectivity index (χ2v) is 4.86. The normalized spacial score (nSPS) is 10.6.